The third-order valence-corrected chi connectivity index (χ3v) is 3.65. The maximum absolute atomic E-state index is 6.31. The summed E-state index contributed by atoms with van der Waals surface area (Å²) < 4.78 is 0. The van der Waals surface area contributed by atoms with Crippen molar-refractivity contribution in [2.75, 3.05) is 0 Å². The summed E-state index contributed by atoms with van der Waals surface area (Å²) in [6, 6.07) is 10.2. The molecule has 1 aromatic carbocycles. The molecule has 0 amide bonds. The van der Waals surface area contributed by atoms with Gasteiger partial charge in [0.1, 0.15) is 0 Å². The van der Waals surface area contributed by atoms with E-state index in [-0.39, 0.29) is 6.04 Å². The van der Waals surface area contributed by atoms with Gasteiger partial charge in [0.15, 0.2) is 0 Å². The molecule has 0 spiro atoms. The van der Waals surface area contributed by atoms with E-state index in [9.17, 15) is 0 Å². The molecule has 1 unspecified atom stereocenters. The van der Waals surface area contributed by atoms with E-state index in [1.54, 1.807) is 11.3 Å². The summed E-state index contributed by atoms with van der Waals surface area (Å²) in [7, 11) is 0. The lowest BCUT2D eigenvalue weighted by molar-refractivity contribution is 0.886. The monoisotopic (exact) mass is 240 g/mol. The van der Waals surface area contributed by atoms with E-state index in [2.05, 4.69) is 33.9 Å². The Bertz CT molecular complexity index is 626. The van der Waals surface area contributed by atoms with Crippen LogP contribution in [0.2, 0.25) is 0 Å². The molecule has 0 bridgehead atoms. The summed E-state index contributed by atoms with van der Waals surface area (Å²) in [5.41, 5.74) is 8.63. The van der Waals surface area contributed by atoms with Crippen LogP contribution in [0.4, 0.5) is 0 Å². The van der Waals surface area contributed by atoms with Crippen LogP contribution in [-0.2, 0) is 0 Å². The molecule has 2 aromatic heterocycles. The van der Waals surface area contributed by atoms with Crippen LogP contribution in [0.1, 0.15) is 17.2 Å². The number of benzene rings is 1. The van der Waals surface area contributed by atoms with Gasteiger partial charge in [-0.15, -0.1) is 0 Å². The van der Waals surface area contributed by atoms with Crippen LogP contribution in [-0.4, -0.2) is 4.98 Å². The average Bonchev–Trinajstić information content (AvgIpc) is 2.91. The molecule has 0 aliphatic rings. The Kier molecular flexibility index (Phi) is 2.63. The van der Waals surface area contributed by atoms with Crippen molar-refractivity contribution in [3.05, 3.63) is 64.6 Å². The average molecular weight is 240 g/mol. The molecular formula is C14H12N2S. The lowest BCUT2D eigenvalue weighted by Crippen LogP contribution is -2.11. The first-order valence-electron chi connectivity index (χ1n) is 5.46. The van der Waals surface area contributed by atoms with E-state index in [1.165, 1.54) is 10.9 Å². The molecule has 0 radical (unpaired) electrons. The molecular weight excluding hydrogens is 228 g/mol. The Morgan fingerprint density at radius 2 is 2.12 bits per heavy atom. The smallest absolute Gasteiger partial charge is 0.0566 e. The minimum atomic E-state index is -0.0626. The van der Waals surface area contributed by atoms with Crippen molar-refractivity contribution >= 4 is 22.1 Å². The minimum Gasteiger partial charge on any atom is -0.320 e. The summed E-state index contributed by atoms with van der Waals surface area (Å²) in [6.45, 7) is 0. The third kappa shape index (κ3) is 1.84. The van der Waals surface area contributed by atoms with Gasteiger partial charge in [-0.2, -0.15) is 11.3 Å². The molecule has 0 fully saturated rings. The number of hydrogen-bond acceptors (Lipinski definition) is 3. The van der Waals surface area contributed by atoms with Gasteiger partial charge in [0.2, 0.25) is 0 Å². The fourth-order valence-electron chi connectivity index (χ4n) is 2.05. The van der Waals surface area contributed by atoms with E-state index >= 15 is 0 Å². The lowest BCUT2D eigenvalue weighted by atomic mass is 9.97. The Hall–Kier alpha value is -1.71. The maximum atomic E-state index is 6.31. The van der Waals surface area contributed by atoms with Gasteiger partial charge in [0.25, 0.3) is 0 Å². The fraction of sp³-hybridized carbons (Fsp3) is 0.0714. The van der Waals surface area contributed by atoms with Gasteiger partial charge < -0.3 is 5.73 Å². The number of hydrogen-bond donors (Lipinski definition) is 1. The van der Waals surface area contributed by atoms with E-state index in [1.807, 2.05) is 24.5 Å². The van der Waals surface area contributed by atoms with Gasteiger partial charge >= 0.3 is 0 Å². The molecule has 84 valence electrons. The standard InChI is InChI=1S/C14H12N2S/c15-14(11-5-7-17-9-11)13-3-1-2-10-8-16-6-4-12(10)13/h1-9,14H,15H2. The van der Waals surface area contributed by atoms with Crippen molar-refractivity contribution in [2.45, 2.75) is 6.04 Å². The summed E-state index contributed by atoms with van der Waals surface area (Å²) in [6.07, 6.45) is 3.69. The van der Waals surface area contributed by atoms with Crippen molar-refractivity contribution in [2.24, 2.45) is 5.73 Å². The van der Waals surface area contributed by atoms with Crippen molar-refractivity contribution in [1.82, 2.24) is 4.98 Å². The number of pyridine rings is 1. The number of thiophene rings is 1. The van der Waals surface area contributed by atoms with E-state index < -0.39 is 0 Å². The Morgan fingerprint density at radius 3 is 2.94 bits per heavy atom. The van der Waals surface area contributed by atoms with Gasteiger partial charge in [0.05, 0.1) is 6.04 Å². The molecule has 2 nitrogen and oxygen atoms in total. The Balaban J connectivity index is 2.17. The topological polar surface area (TPSA) is 38.9 Å². The number of aromatic nitrogens is 1. The second-order valence-corrected chi connectivity index (χ2v) is 4.76. The van der Waals surface area contributed by atoms with Crippen molar-refractivity contribution in [1.29, 1.82) is 0 Å². The Morgan fingerprint density at radius 1 is 1.18 bits per heavy atom. The highest BCUT2D eigenvalue weighted by Gasteiger charge is 2.11. The van der Waals surface area contributed by atoms with Gasteiger partial charge in [-0.3, -0.25) is 4.98 Å². The van der Waals surface area contributed by atoms with Gasteiger partial charge in [0, 0.05) is 17.8 Å². The molecule has 0 saturated heterocycles. The molecule has 3 heteroatoms. The number of nitrogens with zero attached hydrogens (tertiary/aromatic N) is 1. The third-order valence-electron chi connectivity index (χ3n) is 2.95. The van der Waals surface area contributed by atoms with Gasteiger partial charge in [-0.05, 0) is 39.4 Å². The number of nitrogens with two attached hydrogens (primary N) is 1. The predicted molar refractivity (Wildman–Crippen MR) is 72.1 cm³/mol. The highest BCUT2D eigenvalue weighted by Crippen LogP contribution is 2.27. The summed E-state index contributed by atoms with van der Waals surface area (Å²) in [5.74, 6) is 0. The number of fused-ring (bicyclic) bond motifs is 1. The molecule has 2 heterocycles. The molecule has 0 aliphatic carbocycles. The molecule has 3 rings (SSSR count). The first-order chi connectivity index (χ1) is 8.36. The molecule has 17 heavy (non-hydrogen) atoms. The largest absolute Gasteiger partial charge is 0.320 e. The maximum Gasteiger partial charge on any atom is 0.0566 e. The first kappa shape index (κ1) is 10.4. The van der Waals surface area contributed by atoms with Crippen molar-refractivity contribution in [3.8, 4) is 0 Å². The predicted octanol–water partition coefficient (Wildman–Crippen LogP) is 3.34. The zero-order valence-electron chi connectivity index (χ0n) is 9.21. The Labute approximate surface area is 104 Å². The van der Waals surface area contributed by atoms with E-state index in [0.717, 1.165) is 10.9 Å². The lowest BCUT2D eigenvalue weighted by Gasteiger charge is -2.13. The van der Waals surface area contributed by atoms with Crippen molar-refractivity contribution in [3.63, 3.8) is 0 Å². The fourth-order valence-corrected chi connectivity index (χ4v) is 2.75. The molecule has 0 saturated carbocycles. The minimum absolute atomic E-state index is 0.0626. The summed E-state index contributed by atoms with van der Waals surface area (Å²) in [5, 5.41) is 6.48. The van der Waals surface area contributed by atoms with Gasteiger partial charge in [-0.25, -0.2) is 0 Å². The zero-order valence-corrected chi connectivity index (χ0v) is 10.0. The molecule has 2 N–H and O–H groups in total. The van der Waals surface area contributed by atoms with Crippen LogP contribution in [0.25, 0.3) is 10.8 Å². The first-order valence-corrected chi connectivity index (χ1v) is 6.41. The second kappa shape index (κ2) is 4.28. The van der Waals surface area contributed by atoms with Crippen LogP contribution in [0, 0.1) is 0 Å². The van der Waals surface area contributed by atoms with Crippen LogP contribution < -0.4 is 5.73 Å². The summed E-state index contributed by atoms with van der Waals surface area (Å²) in [4.78, 5) is 4.14. The SMILES string of the molecule is NC(c1ccsc1)c1cccc2cnccc12. The van der Waals surface area contributed by atoms with Crippen LogP contribution in [0.3, 0.4) is 0 Å². The van der Waals surface area contributed by atoms with E-state index in [4.69, 9.17) is 5.73 Å². The van der Waals surface area contributed by atoms with Crippen LogP contribution in [0.5, 0.6) is 0 Å². The second-order valence-electron chi connectivity index (χ2n) is 3.98. The molecule has 3 aromatic rings. The zero-order chi connectivity index (χ0) is 11.7. The molecule has 0 aliphatic heterocycles. The molecule has 1 atom stereocenters. The number of rotatable bonds is 2. The summed E-state index contributed by atoms with van der Waals surface area (Å²) >= 11 is 1.68. The van der Waals surface area contributed by atoms with Gasteiger partial charge in [-0.1, -0.05) is 18.2 Å². The van der Waals surface area contributed by atoms with Crippen molar-refractivity contribution < 1.29 is 0 Å². The normalized spacial score (nSPS) is 12.8. The van der Waals surface area contributed by atoms with Crippen LogP contribution in [0.15, 0.2) is 53.5 Å². The highest BCUT2D eigenvalue weighted by atomic mass is 32.1. The highest BCUT2D eigenvalue weighted by molar-refractivity contribution is 7.08. The van der Waals surface area contributed by atoms with Crippen LogP contribution >= 0.6 is 11.3 Å². The quantitative estimate of drug-likeness (QED) is 0.746. The van der Waals surface area contributed by atoms with E-state index in [0.29, 0.717) is 0 Å².